The van der Waals surface area contributed by atoms with Gasteiger partial charge in [-0.05, 0) is 12.5 Å². The molecular formula is C14H18FN3. The maximum Gasteiger partial charge on any atom is 0.128 e. The molecule has 0 aliphatic rings. The Labute approximate surface area is 106 Å². The minimum Gasteiger partial charge on any atom is -0.333 e. The predicted molar refractivity (Wildman–Crippen MR) is 69.7 cm³/mol. The van der Waals surface area contributed by atoms with Gasteiger partial charge in [-0.25, -0.2) is 9.37 Å². The van der Waals surface area contributed by atoms with E-state index in [0.717, 1.165) is 18.5 Å². The Morgan fingerprint density at radius 1 is 1.39 bits per heavy atom. The molecule has 0 saturated heterocycles. The molecule has 1 unspecified atom stereocenters. The van der Waals surface area contributed by atoms with E-state index in [-0.39, 0.29) is 11.9 Å². The van der Waals surface area contributed by atoms with Gasteiger partial charge in [-0.1, -0.05) is 25.1 Å². The van der Waals surface area contributed by atoms with Gasteiger partial charge in [0.2, 0.25) is 0 Å². The summed E-state index contributed by atoms with van der Waals surface area (Å²) < 4.78 is 15.4. The highest BCUT2D eigenvalue weighted by molar-refractivity contribution is 5.18. The van der Waals surface area contributed by atoms with Crippen molar-refractivity contribution in [1.82, 2.24) is 9.55 Å². The molecule has 0 aliphatic carbocycles. The number of hydrogen-bond acceptors (Lipinski definition) is 2. The van der Waals surface area contributed by atoms with Crippen molar-refractivity contribution in [2.75, 3.05) is 0 Å². The summed E-state index contributed by atoms with van der Waals surface area (Å²) in [5.74, 6) is -0.182. The summed E-state index contributed by atoms with van der Waals surface area (Å²) in [6.45, 7) is 2.56. The Bertz CT molecular complexity index is 507. The number of hydrogen-bond donors (Lipinski definition) is 1. The van der Waals surface area contributed by atoms with E-state index in [4.69, 9.17) is 5.73 Å². The molecule has 1 atom stereocenters. The molecule has 1 heterocycles. The van der Waals surface area contributed by atoms with Gasteiger partial charge >= 0.3 is 0 Å². The van der Waals surface area contributed by atoms with Crippen molar-refractivity contribution in [2.24, 2.45) is 5.73 Å². The number of nitrogens with two attached hydrogens (primary N) is 1. The zero-order chi connectivity index (χ0) is 13.0. The molecule has 96 valence electrons. The monoisotopic (exact) mass is 247 g/mol. The fourth-order valence-electron chi connectivity index (χ4n) is 1.83. The fraction of sp³-hybridized carbons (Fsp3) is 0.357. The highest BCUT2D eigenvalue weighted by Gasteiger charge is 2.06. The van der Waals surface area contributed by atoms with Crippen LogP contribution in [-0.2, 0) is 13.0 Å². The van der Waals surface area contributed by atoms with Gasteiger partial charge in [0.15, 0.2) is 0 Å². The summed E-state index contributed by atoms with van der Waals surface area (Å²) in [6.07, 6.45) is 5.35. The fourth-order valence-corrected chi connectivity index (χ4v) is 1.83. The molecule has 1 aromatic heterocycles. The van der Waals surface area contributed by atoms with Gasteiger partial charge < -0.3 is 10.3 Å². The van der Waals surface area contributed by atoms with Crippen LogP contribution in [0.15, 0.2) is 36.8 Å². The van der Waals surface area contributed by atoms with E-state index in [2.05, 4.69) is 11.9 Å². The molecule has 2 rings (SSSR count). The molecule has 4 heteroatoms. The van der Waals surface area contributed by atoms with Gasteiger partial charge in [0.1, 0.15) is 5.82 Å². The quantitative estimate of drug-likeness (QED) is 0.881. The van der Waals surface area contributed by atoms with Crippen molar-refractivity contribution < 1.29 is 4.39 Å². The Balaban J connectivity index is 2.05. The van der Waals surface area contributed by atoms with E-state index in [1.54, 1.807) is 18.5 Å². The standard InChI is InChI=1S/C14H18FN3/c1-2-12(16)7-13-9-18(10-17-13)8-11-5-3-4-6-14(11)15/h3-6,9-10,12H,2,7-8,16H2,1H3. The third-order valence-electron chi connectivity index (χ3n) is 2.99. The zero-order valence-electron chi connectivity index (χ0n) is 10.5. The minimum absolute atomic E-state index is 0.141. The van der Waals surface area contributed by atoms with Crippen LogP contribution in [-0.4, -0.2) is 15.6 Å². The Morgan fingerprint density at radius 3 is 2.89 bits per heavy atom. The summed E-state index contributed by atoms with van der Waals surface area (Å²) in [7, 11) is 0. The second-order valence-electron chi connectivity index (χ2n) is 4.50. The van der Waals surface area contributed by atoms with E-state index in [1.807, 2.05) is 16.8 Å². The largest absolute Gasteiger partial charge is 0.333 e. The number of aromatic nitrogens is 2. The first-order chi connectivity index (χ1) is 8.69. The van der Waals surface area contributed by atoms with Gasteiger partial charge in [-0.2, -0.15) is 0 Å². The van der Waals surface area contributed by atoms with Crippen LogP contribution in [0.3, 0.4) is 0 Å². The number of nitrogens with zero attached hydrogens (tertiary/aromatic N) is 2. The number of rotatable bonds is 5. The van der Waals surface area contributed by atoms with Gasteiger partial charge in [0.25, 0.3) is 0 Å². The second kappa shape index (κ2) is 5.78. The van der Waals surface area contributed by atoms with E-state index >= 15 is 0 Å². The maximum atomic E-state index is 13.5. The molecule has 18 heavy (non-hydrogen) atoms. The molecular weight excluding hydrogens is 229 g/mol. The van der Waals surface area contributed by atoms with Crippen molar-refractivity contribution in [3.05, 3.63) is 53.9 Å². The van der Waals surface area contributed by atoms with Crippen LogP contribution in [0.5, 0.6) is 0 Å². The van der Waals surface area contributed by atoms with Crippen molar-refractivity contribution in [2.45, 2.75) is 32.4 Å². The molecule has 3 nitrogen and oxygen atoms in total. The molecule has 0 radical (unpaired) electrons. The number of imidazole rings is 1. The minimum atomic E-state index is -0.182. The highest BCUT2D eigenvalue weighted by Crippen LogP contribution is 2.09. The average Bonchev–Trinajstić information content (AvgIpc) is 2.79. The molecule has 0 saturated carbocycles. The smallest absolute Gasteiger partial charge is 0.128 e. The normalized spacial score (nSPS) is 12.6. The Morgan fingerprint density at radius 2 is 2.17 bits per heavy atom. The van der Waals surface area contributed by atoms with Gasteiger partial charge in [0, 0.05) is 24.2 Å². The topological polar surface area (TPSA) is 43.8 Å². The summed E-state index contributed by atoms with van der Waals surface area (Å²) in [5, 5.41) is 0. The Hall–Kier alpha value is -1.68. The van der Waals surface area contributed by atoms with Gasteiger partial charge in [-0.3, -0.25) is 0 Å². The lowest BCUT2D eigenvalue weighted by molar-refractivity contribution is 0.599. The van der Waals surface area contributed by atoms with Crippen molar-refractivity contribution in [1.29, 1.82) is 0 Å². The summed E-state index contributed by atoms with van der Waals surface area (Å²) in [4.78, 5) is 4.29. The molecule has 0 spiro atoms. The van der Waals surface area contributed by atoms with Crippen LogP contribution in [0, 0.1) is 5.82 Å². The van der Waals surface area contributed by atoms with Gasteiger partial charge in [-0.15, -0.1) is 0 Å². The number of halogens is 1. The molecule has 1 aromatic carbocycles. The second-order valence-corrected chi connectivity index (χ2v) is 4.50. The lowest BCUT2D eigenvalue weighted by Gasteiger charge is -2.05. The summed E-state index contributed by atoms with van der Waals surface area (Å²) >= 11 is 0. The third-order valence-corrected chi connectivity index (χ3v) is 2.99. The van der Waals surface area contributed by atoms with E-state index in [9.17, 15) is 4.39 Å². The third kappa shape index (κ3) is 3.17. The number of benzene rings is 1. The van der Waals surface area contributed by atoms with Gasteiger partial charge in [0.05, 0.1) is 18.6 Å². The molecule has 0 amide bonds. The van der Waals surface area contributed by atoms with Crippen LogP contribution in [0.4, 0.5) is 4.39 Å². The van der Waals surface area contributed by atoms with E-state index in [0.29, 0.717) is 12.1 Å². The molecule has 0 aliphatic heterocycles. The van der Waals surface area contributed by atoms with Crippen LogP contribution in [0.25, 0.3) is 0 Å². The van der Waals surface area contributed by atoms with Crippen molar-refractivity contribution in [3.8, 4) is 0 Å². The van der Waals surface area contributed by atoms with Crippen molar-refractivity contribution >= 4 is 0 Å². The summed E-state index contributed by atoms with van der Waals surface area (Å²) in [6, 6.07) is 6.93. The SMILES string of the molecule is CCC(N)Cc1cn(Cc2ccccc2F)cn1. The highest BCUT2D eigenvalue weighted by atomic mass is 19.1. The lowest BCUT2D eigenvalue weighted by atomic mass is 10.1. The van der Waals surface area contributed by atoms with Crippen LogP contribution in [0.2, 0.25) is 0 Å². The van der Waals surface area contributed by atoms with E-state index in [1.165, 1.54) is 6.07 Å². The average molecular weight is 247 g/mol. The molecule has 2 aromatic rings. The maximum absolute atomic E-state index is 13.5. The first kappa shape index (κ1) is 12.8. The van der Waals surface area contributed by atoms with Crippen LogP contribution >= 0.6 is 0 Å². The first-order valence-electron chi connectivity index (χ1n) is 6.18. The predicted octanol–water partition coefficient (Wildman–Crippen LogP) is 2.35. The van der Waals surface area contributed by atoms with Crippen molar-refractivity contribution in [3.63, 3.8) is 0 Å². The lowest BCUT2D eigenvalue weighted by Crippen LogP contribution is -2.21. The van der Waals surface area contributed by atoms with Crippen LogP contribution < -0.4 is 5.73 Å². The Kier molecular flexibility index (Phi) is 4.10. The molecule has 0 fully saturated rings. The van der Waals surface area contributed by atoms with Crippen LogP contribution in [0.1, 0.15) is 24.6 Å². The zero-order valence-corrected chi connectivity index (χ0v) is 10.5. The molecule has 0 bridgehead atoms. The summed E-state index contributed by atoms with van der Waals surface area (Å²) in [5.41, 5.74) is 7.51. The first-order valence-corrected chi connectivity index (χ1v) is 6.18. The molecule has 2 N–H and O–H groups in total. The van der Waals surface area contributed by atoms with E-state index < -0.39 is 0 Å².